The number of nitro groups is 1. The van der Waals surface area contributed by atoms with Crippen LogP contribution in [-0.4, -0.2) is 25.4 Å². The smallest absolute Gasteiger partial charge is 0.258 e. The van der Waals surface area contributed by atoms with Gasteiger partial charge in [0.05, 0.1) is 10.6 Å². The van der Waals surface area contributed by atoms with E-state index in [0.29, 0.717) is 16.5 Å². The molecule has 0 radical (unpaired) electrons. The van der Waals surface area contributed by atoms with Gasteiger partial charge in [-0.05, 0) is 44.7 Å². The molecule has 0 amide bonds. The van der Waals surface area contributed by atoms with Gasteiger partial charge in [0.25, 0.3) is 5.70 Å². The fourth-order valence-corrected chi connectivity index (χ4v) is 3.80. The summed E-state index contributed by atoms with van der Waals surface area (Å²) in [6, 6.07) is 5.96. The zero-order chi connectivity index (χ0) is 21.9. The molecule has 8 heteroatoms. The van der Waals surface area contributed by atoms with Crippen LogP contribution >= 0.6 is 11.8 Å². The molecule has 29 heavy (non-hydrogen) atoms. The van der Waals surface area contributed by atoms with Crippen molar-refractivity contribution >= 4 is 11.8 Å². The predicted molar refractivity (Wildman–Crippen MR) is 117 cm³/mol. The lowest BCUT2D eigenvalue weighted by Crippen LogP contribution is -2.22. The highest BCUT2D eigenvalue weighted by molar-refractivity contribution is 7.99. The third-order valence-corrected chi connectivity index (χ3v) is 5.43. The van der Waals surface area contributed by atoms with Gasteiger partial charge in [-0.1, -0.05) is 55.8 Å². The van der Waals surface area contributed by atoms with E-state index >= 15 is 0 Å². The number of nitrogens with zero attached hydrogens (tertiary/aromatic N) is 3. The van der Waals surface area contributed by atoms with E-state index in [1.807, 2.05) is 32.9 Å². The summed E-state index contributed by atoms with van der Waals surface area (Å²) < 4.78 is 1.55. The summed E-state index contributed by atoms with van der Waals surface area (Å²) in [6.45, 7) is 13.7. The summed E-state index contributed by atoms with van der Waals surface area (Å²) in [6.07, 6.45) is 1.56. The van der Waals surface area contributed by atoms with E-state index in [9.17, 15) is 14.9 Å². The molecular formula is C21H28N4O3S. The van der Waals surface area contributed by atoms with Gasteiger partial charge in [0.15, 0.2) is 5.16 Å². The van der Waals surface area contributed by atoms with Crippen LogP contribution in [0.3, 0.4) is 0 Å². The number of aromatic nitrogens is 3. The maximum absolute atomic E-state index is 12.5. The molecule has 0 aliphatic rings. The SMILES string of the molecule is CC(C)=C/C(=C(\C)CSc1n[nH]c(=O)n1-c1ccc(C)cc1C(C)(C)C)[N+](=O)[O-]. The van der Waals surface area contributed by atoms with Gasteiger partial charge < -0.3 is 0 Å². The van der Waals surface area contributed by atoms with E-state index < -0.39 is 0 Å². The molecule has 1 heterocycles. The number of H-pyrrole nitrogens is 1. The number of allylic oxidation sites excluding steroid dienone is 2. The molecule has 2 rings (SSSR count). The second kappa shape index (κ2) is 8.82. The first-order valence-electron chi connectivity index (χ1n) is 9.32. The van der Waals surface area contributed by atoms with Gasteiger partial charge in [-0.3, -0.25) is 10.1 Å². The average molecular weight is 417 g/mol. The van der Waals surface area contributed by atoms with Crippen LogP contribution in [0.25, 0.3) is 5.69 Å². The summed E-state index contributed by atoms with van der Waals surface area (Å²) in [5, 5.41) is 18.5. The second-order valence-corrected chi connectivity index (χ2v) is 9.29. The van der Waals surface area contributed by atoms with Gasteiger partial charge in [-0.2, -0.15) is 0 Å². The Kier molecular flexibility index (Phi) is 6.89. The Morgan fingerprint density at radius 3 is 2.52 bits per heavy atom. The van der Waals surface area contributed by atoms with Crippen molar-refractivity contribution in [3.8, 4) is 5.69 Å². The lowest BCUT2D eigenvalue weighted by Gasteiger charge is -2.24. The molecule has 1 aromatic heterocycles. The average Bonchev–Trinajstić information content (AvgIpc) is 2.97. The Morgan fingerprint density at radius 2 is 1.97 bits per heavy atom. The zero-order valence-electron chi connectivity index (χ0n) is 18.0. The molecule has 0 atom stereocenters. The van der Waals surface area contributed by atoms with Crippen LogP contribution in [0.1, 0.15) is 52.7 Å². The van der Waals surface area contributed by atoms with Crippen LogP contribution in [0.4, 0.5) is 0 Å². The highest BCUT2D eigenvalue weighted by Crippen LogP contribution is 2.31. The van der Waals surface area contributed by atoms with Crippen molar-refractivity contribution in [2.24, 2.45) is 0 Å². The van der Waals surface area contributed by atoms with Gasteiger partial charge >= 0.3 is 5.69 Å². The van der Waals surface area contributed by atoms with Gasteiger partial charge in [-0.25, -0.2) is 14.5 Å². The lowest BCUT2D eigenvalue weighted by molar-refractivity contribution is -0.420. The first kappa shape index (κ1) is 22.7. The summed E-state index contributed by atoms with van der Waals surface area (Å²) in [5.41, 5.74) is 3.96. The van der Waals surface area contributed by atoms with Gasteiger partial charge in [-0.15, -0.1) is 5.10 Å². The zero-order valence-corrected chi connectivity index (χ0v) is 18.8. The summed E-state index contributed by atoms with van der Waals surface area (Å²) in [5.74, 6) is 0.348. The van der Waals surface area contributed by atoms with Crippen LogP contribution in [-0.2, 0) is 5.41 Å². The monoisotopic (exact) mass is 416 g/mol. The highest BCUT2D eigenvalue weighted by atomic mass is 32.2. The molecular weight excluding hydrogens is 388 g/mol. The number of rotatable bonds is 6. The van der Waals surface area contributed by atoms with Gasteiger partial charge in [0.1, 0.15) is 0 Å². The largest absolute Gasteiger partial charge is 0.348 e. The van der Waals surface area contributed by atoms with Crippen molar-refractivity contribution < 1.29 is 4.92 Å². The topological polar surface area (TPSA) is 93.8 Å². The second-order valence-electron chi connectivity index (χ2n) is 8.35. The highest BCUT2D eigenvalue weighted by Gasteiger charge is 2.23. The molecule has 2 aromatic rings. The van der Waals surface area contributed by atoms with Crippen molar-refractivity contribution in [1.29, 1.82) is 0 Å². The Morgan fingerprint density at radius 1 is 1.31 bits per heavy atom. The Balaban J connectivity index is 2.48. The summed E-state index contributed by atoms with van der Waals surface area (Å²) in [7, 11) is 0. The minimum Gasteiger partial charge on any atom is -0.258 e. The number of aryl methyl sites for hydroxylation is 1. The summed E-state index contributed by atoms with van der Waals surface area (Å²) in [4.78, 5) is 23.5. The van der Waals surface area contributed by atoms with Crippen molar-refractivity contribution in [3.05, 3.63) is 72.8 Å². The Hall–Kier alpha value is -2.61. The molecule has 0 unspecified atom stereocenters. The fraction of sp³-hybridized carbons (Fsp3) is 0.429. The predicted octanol–water partition coefficient (Wildman–Crippen LogP) is 4.78. The van der Waals surface area contributed by atoms with Crippen molar-refractivity contribution in [3.63, 3.8) is 0 Å². The third-order valence-electron chi connectivity index (χ3n) is 4.32. The van der Waals surface area contributed by atoms with Crippen LogP contribution in [0.15, 0.2) is 51.1 Å². The van der Waals surface area contributed by atoms with Crippen LogP contribution in [0.5, 0.6) is 0 Å². The maximum atomic E-state index is 12.5. The summed E-state index contributed by atoms with van der Waals surface area (Å²) >= 11 is 1.30. The van der Waals surface area contributed by atoms with E-state index in [1.54, 1.807) is 17.6 Å². The molecule has 7 nitrogen and oxygen atoms in total. The number of hydrogen-bond acceptors (Lipinski definition) is 5. The normalized spacial score (nSPS) is 12.5. The molecule has 0 spiro atoms. The first-order chi connectivity index (χ1) is 13.4. The van der Waals surface area contributed by atoms with Gasteiger partial charge in [0, 0.05) is 17.4 Å². The van der Waals surface area contributed by atoms with Crippen molar-refractivity contribution in [2.75, 3.05) is 5.75 Å². The van der Waals surface area contributed by atoms with E-state index in [2.05, 4.69) is 37.0 Å². The molecule has 1 N–H and O–H groups in total. The minimum absolute atomic E-state index is 0.0765. The molecule has 0 aliphatic carbocycles. The van der Waals surface area contributed by atoms with Crippen LogP contribution in [0.2, 0.25) is 0 Å². The number of hydrogen-bond donors (Lipinski definition) is 1. The molecule has 156 valence electrons. The molecule has 0 saturated carbocycles. The maximum Gasteiger partial charge on any atom is 0.348 e. The van der Waals surface area contributed by atoms with Crippen molar-refractivity contribution in [2.45, 2.75) is 59.0 Å². The first-order valence-corrected chi connectivity index (χ1v) is 10.3. The molecule has 0 bridgehead atoms. The number of nitrogens with one attached hydrogen (secondary N) is 1. The Labute approximate surface area is 175 Å². The standard InChI is InChI=1S/C21H28N4O3S/c1-13(2)10-18(25(27)28)15(4)12-29-20-23-22-19(26)24(20)17-9-8-14(3)11-16(17)21(5,6)7/h8-11H,12H2,1-7H3,(H,22,26)/b18-15-. The fourth-order valence-electron chi connectivity index (χ4n) is 2.89. The number of aromatic amines is 1. The quantitative estimate of drug-likeness (QED) is 0.317. The van der Waals surface area contributed by atoms with E-state index in [4.69, 9.17) is 0 Å². The van der Waals surface area contributed by atoms with Crippen molar-refractivity contribution in [1.82, 2.24) is 14.8 Å². The van der Waals surface area contributed by atoms with E-state index in [-0.39, 0.29) is 21.7 Å². The molecule has 1 aromatic carbocycles. The number of thioether (sulfide) groups is 1. The number of benzene rings is 1. The molecule has 0 saturated heterocycles. The van der Waals surface area contributed by atoms with E-state index in [1.165, 1.54) is 11.8 Å². The molecule has 0 aliphatic heterocycles. The Bertz CT molecular complexity index is 1030. The van der Waals surface area contributed by atoms with Crippen LogP contribution in [0, 0.1) is 17.0 Å². The minimum atomic E-state index is -0.377. The van der Waals surface area contributed by atoms with Gasteiger partial charge in [0.2, 0.25) is 0 Å². The van der Waals surface area contributed by atoms with Crippen LogP contribution < -0.4 is 5.69 Å². The molecule has 0 fully saturated rings. The third kappa shape index (κ3) is 5.47. The lowest BCUT2D eigenvalue weighted by atomic mass is 9.85. The van der Waals surface area contributed by atoms with E-state index in [0.717, 1.165) is 22.4 Å².